The van der Waals surface area contributed by atoms with Gasteiger partial charge in [-0.05, 0) is 37.4 Å². The lowest BCUT2D eigenvalue weighted by Crippen LogP contribution is -2.51. The van der Waals surface area contributed by atoms with E-state index in [4.69, 9.17) is 39.2 Å². The minimum absolute atomic E-state index is 0.403. The number of likely N-dealkylation sites (tertiary alicyclic amines) is 1. The van der Waals surface area contributed by atoms with Gasteiger partial charge in [0.1, 0.15) is 0 Å². The molecule has 0 saturated carbocycles. The Morgan fingerprint density at radius 1 is 0.800 bits per heavy atom. The molecule has 0 unspecified atom stereocenters. The summed E-state index contributed by atoms with van der Waals surface area (Å²) in [6.07, 6.45) is -7.39. The van der Waals surface area contributed by atoms with Crippen molar-refractivity contribution in [2.24, 2.45) is 5.92 Å². The average molecular weight is 674 g/mol. The number of alkyl halides is 9. The number of ether oxygens (including phenoxy) is 2. The van der Waals surface area contributed by atoms with Crippen molar-refractivity contribution in [3.05, 3.63) is 30.1 Å². The molecule has 4 rings (SSSR count). The van der Waals surface area contributed by atoms with Gasteiger partial charge in [-0.15, -0.1) is 0 Å². The van der Waals surface area contributed by atoms with Crippen molar-refractivity contribution in [1.29, 1.82) is 0 Å². The predicted octanol–water partition coefficient (Wildman–Crippen LogP) is 3.68. The second-order valence-corrected chi connectivity index (χ2v) is 9.80. The van der Waals surface area contributed by atoms with Gasteiger partial charge in [-0.1, -0.05) is 6.07 Å². The first-order chi connectivity index (χ1) is 20.7. The molecule has 3 fully saturated rings. The van der Waals surface area contributed by atoms with E-state index in [0.717, 1.165) is 46.0 Å². The van der Waals surface area contributed by atoms with Crippen molar-refractivity contribution in [3.8, 4) is 0 Å². The predicted molar refractivity (Wildman–Crippen MR) is 134 cm³/mol. The van der Waals surface area contributed by atoms with Gasteiger partial charge in [0.15, 0.2) is 0 Å². The zero-order valence-corrected chi connectivity index (χ0v) is 23.4. The van der Waals surface area contributed by atoms with Crippen LogP contribution in [0, 0.1) is 5.92 Å². The number of rotatable bonds is 3. The standard InChI is InChI=1S/C19H29N3O2.3C2HF3O2/c1-2-16(12-20-6-1)13-21-8-11-24-19-15-22(7-3-17(19)14-21)18-4-9-23-10-5-18;3*3-2(4,5)1(6)7/h1-2,6,12,17-19H,3-5,7-11,13-15H2;3*(H,6,7)/t17-,19-;;;/m1.../s1. The normalized spacial score (nSPS) is 21.6. The summed E-state index contributed by atoms with van der Waals surface area (Å²) in [5.41, 5.74) is 1.30. The lowest BCUT2D eigenvalue weighted by molar-refractivity contribution is -0.193. The first-order valence-electron chi connectivity index (χ1n) is 13.2. The highest BCUT2D eigenvalue weighted by atomic mass is 19.4. The maximum atomic E-state index is 10.6. The lowest BCUT2D eigenvalue weighted by atomic mass is 9.91. The van der Waals surface area contributed by atoms with E-state index in [-0.39, 0.29) is 0 Å². The third-order valence-corrected chi connectivity index (χ3v) is 6.52. The summed E-state index contributed by atoms with van der Waals surface area (Å²) in [6.45, 7) is 8.20. The molecule has 3 N–H and O–H groups in total. The van der Waals surface area contributed by atoms with Gasteiger partial charge in [-0.3, -0.25) is 14.8 Å². The van der Waals surface area contributed by atoms with Gasteiger partial charge >= 0.3 is 36.4 Å². The number of carboxylic acid groups (broad SMARTS) is 3. The second kappa shape index (κ2) is 18.1. The largest absolute Gasteiger partial charge is 0.490 e. The molecule has 0 radical (unpaired) electrons. The van der Waals surface area contributed by atoms with Crippen LogP contribution in [0.25, 0.3) is 0 Å². The van der Waals surface area contributed by atoms with Crippen molar-refractivity contribution >= 4 is 17.9 Å². The highest BCUT2D eigenvalue weighted by molar-refractivity contribution is 5.73. The highest BCUT2D eigenvalue weighted by Crippen LogP contribution is 2.28. The highest BCUT2D eigenvalue weighted by Gasteiger charge is 2.40. The number of aromatic nitrogens is 1. The first-order valence-corrected chi connectivity index (χ1v) is 13.2. The molecule has 3 saturated heterocycles. The molecule has 258 valence electrons. The van der Waals surface area contributed by atoms with Crippen molar-refractivity contribution < 1.29 is 78.7 Å². The Bertz CT molecular complexity index is 996. The van der Waals surface area contributed by atoms with Crippen molar-refractivity contribution in [3.63, 3.8) is 0 Å². The molecular formula is C25H32F9N3O8. The van der Waals surface area contributed by atoms with E-state index in [2.05, 4.69) is 20.9 Å². The summed E-state index contributed by atoms with van der Waals surface area (Å²) in [5, 5.41) is 21.4. The van der Waals surface area contributed by atoms with Crippen LogP contribution in [-0.4, -0.2) is 125 Å². The number of fused-ring (bicyclic) bond motifs is 1. The number of carbonyl (C=O) groups is 3. The fraction of sp³-hybridized carbons (Fsp3) is 0.680. The van der Waals surface area contributed by atoms with Crippen molar-refractivity contribution in [2.75, 3.05) is 46.0 Å². The summed E-state index contributed by atoms with van der Waals surface area (Å²) in [5.74, 6) is -7.60. The molecule has 0 aromatic carbocycles. The first kappa shape index (κ1) is 39.8. The van der Waals surface area contributed by atoms with Crippen LogP contribution in [-0.2, 0) is 30.4 Å². The Labute approximate surface area is 250 Å². The molecule has 2 atom stereocenters. The molecule has 4 heterocycles. The molecule has 1 aromatic heterocycles. The molecule has 0 amide bonds. The van der Waals surface area contributed by atoms with Gasteiger partial charge in [0.2, 0.25) is 0 Å². The van der Waals surface area contributed by atoms with Gasteiger partial charge in [0.05, 0.1) is 12.7 Å². The smallest absolute Gasteiger partial charge is 0.475 e. The van der Waals surface area contributed by atoms with Gasteiger partial charge in [-0.25, -0.2) is 14.4 Å². The van der Waals surface area contributed by atoms with E-state index < -0.39 is 36.4 Å². The zero-order chi connectivity index (χ0) is 34.4. The van der Waals surface area contributed by atoms with Crippen LogP contribution in [0.2, 0.25) is 0 Å². The summed E-state index contributed by atoms with van der Waals surface area (Å²) in [4.78, 5) is 36.1. The number of pyridine rings is 1. The molecule has 0 spiro atoms. The van der Waals surface area contributed by atoms with E-state index in [1.165, 1.54) is 31.4 Å². The summed E-state index contributed by atoms with van der Waals surface area (Å²) in [7, 11) is 0. The van der Waals surface area contributed by atoms with Crippen molar-refractivity contribution in [2.45, 2.75) is 56.5 Å². The van der Waals surface area contributed by atoms with Crippen LogP contribution in [0.15, 0.2) is 24.5 Å². The molecule has 45 heavy (non-hydrogen) atoms. The van der Waals surface area contributed by atoms with Gasteiger partial charge < -0.3 is 24.8 Å². The fourth-order valence-electron chi connectivity index (χ4n) is 4.42. The molecule has 0 aliphatic carbocycles. The molecule has 11 nitrogen and oxygen atoms in total. The van der Waals surface area contributed by atoms with Crippen LogP contribution < -0.4 is 0 Å². The number of hydrogen-bond donors (Lipinski definition) is 3. The summed E-state index contributed by atoms with van der Waals surface area (Å²) in [6, 6.07) is 4.90. The van der Waals surface area contributed by atoms with Gasteiger partial charge in [0.25, 0.3) is 0 Å². The Balaban J connectivity index is 0.000000396. The Morgan fingerprint density at radius 2 is 1.31 bits per heavy atom. The van der Waals surface area contributed by atoms with E-state index in [1.807, 2.05) is 18.5 Å². The number of hydrogen-bond acceptors (Lipinski definition) is 8. The maximum absolute atomic E-state index is 10.6. The van der Waals surface area contributed by atoms with E-state index in [9.17, 15) is 39.5 Å². The molecule has 1 aromatic rings. The Morgan fingerprint density at radius 3 is 1.76 bits per heavy atom. The minimum atomic E-state index is -5.08. The number of aliphatic carboxylic acids is 3. The number of piperidine rings is 1. The monoisotopic (exact) mass is 673 g/mol. The molecule has 3 aliphatic heterocycles. The van der Waals surface area contributed by atoms with Crippen LogP contribution in [0.4, 0.5) is 39.5 Å². The van der Waals surface area contributed by atoms with Crippen LogP contribution in [0.5, 0.6) is 0 Å². The minimum Gasteiger partial charge on any atom is -0.475 e. The topological polar surface area (TPSA) is 150 Å². The molecular weight excluding hydrogens is 641 g/mol. The second-order valence-electron chi connectivity index (χ2n) is 9.80. The number of halogens is 9. The lowest BCUT2D eigenvalue weighted by Gasteiger charge is -2.43. The fourth-order valence-corrected chi connectivity index (χ4v) is 4.42. The maximum Gasteiger partial charge on any atom is 0.490 e. The summed E-state index contributed by atoms with van der Waals surface area (Å²) < 4.78 is 107. The van der Waals surface area contributed by atoms with E-state index in [1.54, 1.807) is 0 Å². The van der Waals surface area contributed by atoms with E-state index in [0.29, 0.717) is 18.1 Å². The molecule has 20 heteroatoms. The molecule has 3 aliphatic rings. The summed E-state index contributed by atoms with van der Waals surface area (Å²) >= 11 is 0. The van der Waals surface area contributed by atoms with E-state index >= 15 is 0 Å². The van der Waals surface area contributed by atoms with Crippen LogP contribution in [0.1, 0.15) is 24.8 Å². The number of nitrogens with zero attached hydrogens (tertiary/aromatic N) is 3. The third kappa shape index (κ3) is 16.1. The Kier molecular flexibility index (Phi) is 16.0. The van der Waals surface area contributed by atoms with Crippen LogP contribution in [0.3, 0.4) is 0 Å². The quantitative estimate of drug-likeness (QED) is 0.404. The average Bonchev–Trinajstić information content (AvgIpc) is 3.14. The van der Waals surface area contributed by atoms with Gasteiger partial charge in [-0.2, -0.15) is 39.5 Å². The zero-order valence-electron chi connectivity index (χ0n) is 23.4. The van der Waals surface area contributed by atoms with Gasteiger partial charge in [0, 0.05) is 63.7 Å². The Hall–Kier alpha value is -3.23. The number of carboxylic acids is 3. The SMILES string of the molecule is O=C(O)C(F)(F)F.O=C(O)C(F)(F)F.O=C(O)C(F)(F)F.c1cncc(CN2CCO[C@@H]3CN(C4CCOCC4)CC[C@@H]3C2)c1. The third-order valence-electron chi connectivity index (χ3n) is 6.52. The van der Waals surface area contributed by atoms with Crippen molar-refractivity contribution in [1.82, 2.24) is 14.8 Å². The van der Waals surface area contributed by atoms with Crippen LogP contribution >= 0.6 is 0 Å². The molecule has 0 bridgehead atoms.